The maximum atomic E-state index is 12.8. The zero-order valence-corrected chi connectivity index (χ0v) is 17.8. The van der Waals surface area contributed by atoms with E-state index in [1.54, 1.807) is 37.1 Å². The molecule has 7 heteroatoms. The second kappa shape index (κ2) is 10.3. The highest BCUT2D eigenvalue weighted by Gasteiger charge is 2.28. The molecule has 158 valence electrons. The Labute approximate surface area is 181 Å². The molecule has 6 nitrogen and oxygen atoms in total. The Bertz CT molecular complexity index is 896. The van der Waals surface area contributed by atoms with Crippen LogP contribution in [0.25, 0.3) is 6.08 Å². The summed E-state index contributed by atoms with van der Waals surface area (Å²) in [5, 5.41) is 3.39. The van der Waals surface area contributed by atoms with Crippen LogP contribution in [0.3, 0.4) is 0 Å². The van der Waals surface area contributed by atoms with E-state index in [1.807, 2.05) is 36.4 Å². The van der Waals surface area contributed by atoms with Gasteiger partial charge in [-0.05, 0) is 48.4 Å². The van der Waals surface area contributed by atoms with Crippen LogP contribution in [0.4, 0.5) is 0 Å². The van der Waals surface area contributed by atoms with E-state index in [4.69, 9.17) is 21.1 Å². The minimum absolute atomic E-state index is 0.136. The first-order valence-electron chi connectivity index (χ1n) is 9.75. The van der Waals surface area contributed by atoms with Gasteiger partial charge in [0.05, 0.1) is 20.3 Å². The van der Waals surface area contributed by atoms with Gasteiger partial charge < -0.3 is 19.7 Å². The van der Waals surface area contributed by atoms with Crippen LogP contribution in [-0.4, -0.2) is 49.6 Å². The summed E-state index contributed by atoms with van der Waals surface area (Å²) < 4.78 is 10.9. The van der Waals surface area contributed by atoms with Crippen molar-refractivity contribution >= 4 is 29.5 Å². The van der Waals surface area contributed by atoms with Crippen LogP contribution >= 0.6 is 11.6 Å². The van der Waals surface area contributed by atoms with Crippen LogP contribution in [0.2, 0.25) is 5.02 Å². The minimum atomic E-state index is -0.637. The SMILES string of the molecule is COc1ccc(C=CC(=O)NC(C)C(=O)N2CCOC(c3ccc(Cl)cc3)C2)cc1. The van der Waals surface area contributed by atoms with E-state index >= 15 is 0 Å². The highest BCUT2D eigenvalue weighted by Crippen LogP contribution is 2.24. The largest absolute Gasteiger partial charge is 0.497 e. The number of halogens is 1. The van der Waals surface area contributed by atoms with Crippen molar-refractivity contribution in [2.75, 3.05) is 26.8 Å². The first kappa shape index (κ1) is 21.9. The highest BCUT2D eigenvalue weighted by atomic mass is 35.5. The first-order chi connectivity index (χ1) is 14.5. The van der Waals surface area contributed by atoms with Crippen molar-refractivity contribution in [3.8, 4) is 5.75 Å². The number of ether oxygens (including phenoxy) is 2. The molecule has 0 aliphatic carbocycles. The molecule has 0 aromatic heterocycles. The molecule has 3 rings (SSSR count). The van der Waals surface area contributed by atoms with Gasteiger partial charge in [0.25, 0.3) is 0 Å². The van der Waals surface area contributed by atoms with Crippen LogP contribution in [0.15, 0.2) is 54.6 Å². The summed E-state index contributed by atoms with van der Waals surface area (Å²) in [5.74, 6) is 0.288. The Balaban J connectivity index is 1.54. The highest BCUT2D eigenvalue weighted by molar-refractivity contribution is 6.30. The summed E-state index contributed by atoms with van der Waals surface area (Å²) in [6, 6.07) is 14.1. The van der Waals surface area contributed by atoms with E-state index in [1.165, 1.54) is 6.08 Å². The third-order valence-electron chi connectivity index (χ3n) is 4.89. The fraction of sp³-hybridized carbons (Fsp3) is 0.304. The van der Waals surface area contributed by atoms with Crippen molar-refractivity contribution < 1.29 is 19.1 Å². The molecule has 30 heavy (non-hydrogen) atoms. The monoisotopic (exact) mass is 428 g/mol. The second-order valence-corrected chi connectivity index (χ2v) is 7.47. The van der Waals surface area contributed by atoms with Gasteiger partial charge in [-0.15, -0.1) is 0 Å². The number of nitrogens with one attached hydrogen (secondary N) is 1. The summed E-state index contributed by atoms with van der Waals surface area (Å²) in [6.07, 6.45) is 2.90. The fourth-order valence-corrected chi connectivity index (χ4v) is 3.34. The lowest BCUT2D eigenvalue weighted by molar-refractivity contribution is -0.142. The predicted octanol–water partition coefficient (Wildman–Crippen LogP) is 3.47. The van der Waals surface area contributed by atoms with Crippen molar-refractivity contribution in [2.24, 2.45) is 0 Å². The quantitative estimate of drug-likeness (QED) is 0.715. The molecule has 0 radical (unpaired) electrons. The zero-order chi connectivity index (χ0) is 21.5. The zero-order valence-electron chi connectivity index (χ0n) is 17.0. The van der Waals surface area contributed by atoms with E-state index in [-0.39, 0.29) is 17.9 Å². The standard InChI is InChI=1S/C23H25ClN2O4/c1-16(25-22(27)12-5-17-3-10-20(29-2)11-4-17)23(28)26-13-14-30-21(15-26)18-6-8-19(24)9-7-18/h3-12,16,21H,13-15H2,1-2H3,(H,25,27). The van der Waals surface area contributed by atoms with Gasteiger partial charge in [-0.1, -0.05) is 35.9 Å². The summed E-state index contributed by atoms with van der Waals surface area (Å²) >= 11 is 5.94. The third-order valence-corrected chi connectivity index (χ3v) is 5.14. The van der Waals surface area contributed by atoms with E-state index in [0.29, 0.717) is 24.7 Å². The fourth-order valence-electron chi connectivity index (χ4n) is 3.21. The number of amides is 2. The molecule has 2 atom stereocenters. The Kier molecular flexibility index (Phi) is 7.49. The lowest BCUT2D eigenvalue weighted by Gasteiger charge is -2.34. The number of carbonyl (C=O) groups excluding carboxylic acids is 2. The van der Waals surface area contributed by atoms with Gasteiger partial charge in [0.1, 0.15) is 17.9 Å². The Morgan fingerprint density at radius 3 is 2.57 bits per heavy atom. The number of methoxy groups -OCH3 is 1. The number of morpholine rings is 1. The molecule has 1 aliphatic rings. The van der Waals surface area contributed by atoms with Gasteiger partial charge in [0.2, 0.25) is 11.8 Å². The molecule has 0 bridgehead atoms. The topological polar surface area (TPSA) is 67.9 Å². The van der Waals surface area contributed by atoms with Gasteiger partial charge in [-0.2, -0.15) is 0 Å². The molecule has 1 heterocycles. The smallest absolute Gasteiger partial charge is 0.245 e. The minimum Gasteiger partial charge on any atom is -0.497 e. The summed E-state index contributed by atoms with van der Waals surface area (Å²) in [5.41, 5.74) is 1.83. The van der Waals surface area contributed by atoms with E-state index in [2.05, 4.69) is 5.32 Å². The van der Waals surface area contributed by atoms with Gasteiger partial charge in [-0.25, -0.2) is 0 Å². The maximum absolute atomic E-state index is 12.8. The number of rotatable bonds is 6. The molecule has 0 spiro atoms. The van der Waals surface area contributed by atoms with Crippen LogP contribution < -0.4 is 10.1 Å². The van der Waals surface area contributed by atoms with E-state index < -0.39 is 6.04 Å². The Morgan fingerprint density at radius 2 is 1.90 bits per heavy atom. The lowest BCUT2D eigenvalue weighted by Crippen LogP contribution is -2.50. The van der Waals surface area contributed by atoms with Crippen LogP contribution in [0.5, 0.6) is 5.75 Å². The molecular weight excluding hydrogens is 404 g/mol. The summed E-state index contributed by atoms with van der Waals surface area (Å²) in [4.78, 5) is 26.8. The van der Waals surface area contributed by atoms with Crippen LogP contribution in [-0.2, 0) is 14.3 Å². The summed E-state index contributed by atoms with van der Waals surface area (Å²) in [7, 11) is 1.60. The predicted molar refractivity (Wildman–Crippen MR) is 116 cm³/mol. The van der Waals surface area contributed by atoms with Gasteiger partial charge in [0.15, 0.2) is 0 Å². The normalized spacial score (nSPS) is 17.6. The van der Waals surface area contributed by atoms with Gasteiger partial charge in [0, 0.05) is 17.6 Å². The Morgan fingerprint density at radius 1 is 1.20 bits per heavy atom. The van der Waals surface area contributed by atoms with Crippen LogP contribution in [0.1, 0.15) is 24.2 Å². The average Bonchev–Trinajstić information content (AvgIpc) is 2.78. The molecule has 0 saturated carbocycles. The molecule has 1 fully saturated rings. The van der Waals surface area contributed by atoms with Crippen molar-refractivity contribution in [3.63, 3.8) is 0 Å². The van der Waals surface area contributed by atoms with E-state index in [0.717, 1.165) is 16.9 Å². The van der Waals surface area contributed by atoms with Crippen molar-refractivity contribution in [2.45, 2.75) is 19.1 Å². The van der Waals surface area contributed by atoms with Gasteiger partial charge in [-0.3, -0.25) is 9.59 Å². The molecule has 1 aliphatic heterocycles. The molecule has 2 aromatic rings. The third kappa shape index (κ3) is 5.84. The number of hydrogen-bond donors (Lipinski definition) is 1. The average molecular weight is 429 g/mol. The Hall–Kier alpha value is -2.83. The molecular formula is C23H25ClN2O4. The molecule has 1 N–H and O–H groups in total. The number of carbonyl (C=O) groups is 2. The first-order valence-corrected chi connectivity index (χ1v) is 10.1. The van der Waals surface area contributed by atoms with Gasteiger partial charge >= 0.3 is 0 Å². The van der Waals surface area contributed by atoms with E-state index in [9.17, 15) is 9.59 Å². The molecule has 2 amide bonds. The number of hydrogen-bond acceptors (Lipinski definition) is 4. The second-order valence-electron chi connectivity index (χ2n) is 7.03. The maximum Gasteiger partial charge on any atom is 0.245 e. The number of nitrogens with zero attached hydrogens (tertiary/aromatic N) is 1. The summed E-state index contributed by atoms with van der Waals surface area (Å²) in [6.45, 7) is 3.05. The van der Waals surface area contributed by atoms with Crippen LogP contribution in [0, 0.1) is 0 Å². The molecule has 1 saturated heterocycles. The molecule has 2 aromatic carbocycles. The van der Waals surface area contributed by atoms with Crippen molar-refractivity contribution in [1.82, 2.24) is 10.2 Å². The van der Waals surface area contributed by atoms with Crippen molar-refractivity contribution in [1.29, 1.82) is 0 Å². The number of benzene rings is 2. The lowest BCUT2D eigenvalue weighted by atomic mass is 10.1. The van der Waals surface area contributed by atoms with Crippen molar-refractivity contribution in [3.05, 3.63) is 70.8 Å². The molecule has 2 unspecified atom stereocenters.